The second kappa shape index (κ2) is 6.39. The summed E-state index contributed by atoms with van der Waals surface area (Å²) < 4.78 is 7.18. The molecular weight excluding hydrogens is 395 g/mol. The van der Waals surface area contributed by atoms with E-state index in [2.05, 4.69) is 4.98 Å². The van der Waals surface area contributed by atoms with Crippen molar-refractivity contribution in [2.75, 3.05) is 0 Å². The molecule has 0 amide bonds. The molecule has 4 aromatic rings. The Labute approximate surface area is 161 Å². The first-order valence-electron chi connectivity index (χ1n) is 7.53. The largest absolute Gasteiger partial charge is 0.424 e. The van der Waals surface area contributed by atoms with Crippen molar-refractivity contribution >= 4 is 62.6 Å². The highest BCUT2D eigenvalue weighted by Gasteiger charge is 2.14. The molecule has 4 rings (SSSR count). The Morgan fingerprint density at radius 2 is 2.04 bits per heavy atom. The Bertz CT molecular complexity index is 1290. The van der Waals surface area contributed by atoms with E-state index in [0.29, 0.717) is 20.1 Å². The van der Waals surface area contributed by atoms with E-state index >= 15 is 0 Å². The van der Waals surface area contributed by atoms with Crippen LogP contribution >= 0.6 is 34.5 Å². The van der Waals surface area contributed by atoms with Gasteiger partial charge in [0.1, 0.15) is 0 Å². The van der Waals surface area contributed by atoms with E-state index in [4.69, 9.17) is 27.9 Å². The van der Waals surface area contributed by atoms with Gasteiger partial charge in [-0.2, -0.15) is 0 Å². The molecule has 26 heavy (non-hydrogen) atoms. The van der Waals surface area contributed by atoms with Crippen LogP contribution in [0.3, 0.4) is 0 Å². The second-order valence-corrected chi connectivity index (χ2v) is 7.39. The number of carbonyl (C=O) groups is 1. The lowest BCUT2D eigenvalue weighted by Crippen LogP contribution is -2.22. The van der Waals surface area contributed by atoms with Gasteiger partial charge in [-0.1, -0.05) is 46.7 Å². The third kappa shape index (κ3) is 2.86. The number of fused-ring (bicyclic) bond motifs is 3. The van der Waals surface area contributed by atoms with Crippen molar-refractivity contribution in [3.63, 3.8) is 0 Å². The molecule has 0 aliphatic rings. The van der Waals surface area contributed by atoms with Gasteiger partial charge in [0, 0.05) is 17.5 Å². The van der Waals surface area contributed by atoms with Gasteiger partial charge < -0.3 is 4.74 Å². The molecule has 0 N–H and O–H groups in total. The molecule has 0 saturated heterocycles. The van der Waals surface area contributed by atoms with Crippen LogP contribution in [0, 0.1) is 0 Å². The lowest BCUT2D eigenvalue weighted by molar-refractivity contribution is -0.131. The van der Waals surface area contributed by atoms with Gasteiger partial charge in [0.15, 0.2) is 10.7 Å². The van der Waals surface area contributed by atoms with Crippen LogP contribution in [0.1, 0.15) is 12.5 Å². The highest BCUT2D eigenvalue weighted by atomic mass is 35.5. The number of rotatable bonds is 2. The maximum atomic E-state index is 12.8. The highest BCUT2D eigenvalue weighted by Crippen LogP contribution is 2.33. The molecule has 2 heterocycles. The molecule has 0 bridgehead atoms. The maximum absolute atomic E-state index is 12.8. The summed E-state index contributed by atoms with van der Waals surface area (Å²) in [4.78, 5) is 29.3. The van der Waals surface area contributed by atoms with Gasteiger partial charge in [0.25, 0.3) is 5.56 Å². The zero-order chi connectivity index (χ0) is 18.4. The van der Waals surface area contributed by atoms with Crippen LogP contribution < -0.4 is 14.8 Å². The number of imidazole rings is 1. The van der Waals surface area contributed by atoms with Gasteiger partial charge in [0.05, 0.1) is 20.6 Å². The van der Waals surface area contributed by atoms with Crippen LogP contribution in [0.5, 0.6) is 5.75 Å². The first-order valence-corrected chi connectivity index (χ1v) is 9.10. The molecule has 130 valence electrons. The van der Waals surface area contributed by atoms with Crippen molar-refractivity contribution in [2.24, 2.45) is 0 Å². The number of para-hydroxylation sites is 2. The quantitative estimate of drug-likeness (QED) is 0.377. The predicted octanol–water partition coefficient (Wildman–Crippen LogP) is 3.69. The summed E-state index contributed by atoms with van der Waals surface area (Å²) in [5.74, 6) is -0.350. The third-order valence-electron chi connectivity index (χ3n) is 3.71. The zero-order valence-corrected chi connectivity index (χ0v) is 15.7. The predicted molar refractivity (Wildman–Crippen MR) is 103 cm³/mol. The summed E-state index contributed by atoms with van der Waals surface area (Å²) in [6.45, 7) is 1.28. The van der Waals surface area contributed by atoms with Crippen LogP contribution in [-0.4, -0.2) is 15.4 Å². The van der Waals surface area contributed by atoms with Crippen molar-refractivity contribution in [1.82, 2.24) is 9.38 Å². The van der Waals surface area contributed by atoms with Gasteiger partial charge in [0.2, 0.25) is 0 Å². The van der Waals surface area contributed by atoms with Gasteiger partial charge in [-0.25, -0.2) is 9.38 Å². The fraction of sp³-hybridized carbons (Fsp3) is 0.0556. The fourth-order valence-electron chi connectivity index (χ4n) is 2.69. The minimum absolute atomic E-state index is 0.166. The van der Waals surface area contributed by atoms with E-state index in [1.54, 1.807) is 16.5 Å². The molecule has 0 atom stereocenters. The number of carbonyl (C=O) groups excluding carboxylic acids is 1. The molecule has 0 aliphatic carbocycles. The summed E-state index contributed by atoms with van der Waals surface area (Å²) >= 11 is 13.5. The first kappa shape index (κ1) is 17.0. The number of esters is 1. The molecule has 0 spiro atoms. The van der Waals surface area contributed by atoms with Gasteiger partial charge in [-0.05, 0) is 30.3 Å². The monoisotopic (exact) mass is 404 g/mol. The Balaban J connectivity index is 1.99. The van der Waals surface area contributed by atoms with Crippen molar-refractivity contribution in [3.05, 3.63) is 66.9 Å². The summed E-state index contributed by atoms with van der Waals surface area (Å²) in [5, 5.41) is 0.564. The van der Waals surface area contributed by atoms with E-state index < -0.39 is 5.97 Å². The molecule has 0 unspecified atom stereocenters. The van der Waals surface area contributed by atoms with Crippen LogP contribution in [0.15, 0.2) is 41.2 Å². The fourth-order valence-corrected chi connectivity index (χ4v) is 4.22. The summed E-state index contributed by atoms with van der Waals surface area (Å²) in [5.41, 5.74) is 1.74. The van der Waals surface area contributed by atoms with E-state index in [0.717, 1.165) is 11.0 Å². The van der Waals surface area contributed by atoms with Crippen molar-refractivity contribution in [2.45, 2.75) is 6.92 Å². The van der Waals surface area contributed by atoms with Crippen molar-refractivity contribution in [3.8, 4) is 5.75 Å². The number of ether oxygens (including phenoxy) is 1. The lowest BCUT2D eigenvalue weighted by Gasteiger charge is -2.08. The van der Waals surface area contributed by atoms with E-state index in [-0.39, 0.29) is 16.3 Å². The topological polar surface area (TPSA) is 60.7 Å². The normalized spacial score (nSPS) is 12.2. The van der Waals surface area contributed by atoms with Gasteiger partial charge in [-0.15, -0.1) is 0 Å². The molecule has 0 saturated carbocycles. The second-order valence-electron chi connectivity index (χ2n) is 5.53. The number of hydrogen-bond donors (Lipinski definition) is 0. The molecule has 0 radical (unpaired) electrons. The Morgan fingerprint density at radius 1 is 1.27 bits per heavy atom. The van der Waals surface area contributed by atoms with E-state index in [1.807, 2.05) is 24.3 Å². The number of hydrogen-bond acceptors (Lipinski definition) is 5. The van der Waals surface area contributed by atoms with Gasteiger partial charge in [-0.3, -0.25) is 9.59 Å². The number of benzene rings is 2. The van der Waals surface area contributed by atoms with Crippen LogP contribution in [0.2, 0.25) is 10.0 Å². The highest BCUT2D eigenvalue weighted by molar-refractivity contribution is 7.15. The standard InChI is InChI=1S/C18H10Cl2N2O3S/c1-9(23)25-16-10(6-11(19)8-12(16)20)7-15-17(24)22-14-5-3-2-4-13(14)21-18(22)26-15/h2-8H,1H3/b15-7-. The molecule has 0 fully saturated rings. The number of halogens is 2. The Morgan fingerprint density at radius 3 is 2.81 bits per heavy atom. The smallest absolute Gasteiger partial charge is 0.308 e. The van der Waals surface area contributed by atoms with Crippen LogP contribution in [-0.2, 0) is 4.79 Å². The summed E-state index contributed by atoms with van der Waals surface area (Å²) in [6.07, 6.45) is 1.60. The molecule has 2 aromatic heterocycles. The summed E-state index contributed by atoms with van der Waals surface area (Å²) in [7, 11) is 0. The van der Waals surface area contributed by atoms with E-state index in [1.165, 1.54) is 24.3 Å². The van der Waals surface area contributed by atoms with E-state index in [9.17, 15) is 9.59 Å². The number of nitrogens with zero attached hydrogens (tertiary/aromatic N) is 2. The Hall–Kier alpha value is -2.41. The third-order valence-corrected chi connectivity index (χ3v) is 5.18. The molecule has 5 nitrogen and oxygen atoms in total. The molecule has 0 aliphatic heterocycles. The first-order chi connectivity index (χ1) is 12.4. The zero-order valence-electron chi connectivity index (χ0n) is 13.3. The van der Waals surface area contributed by atoms with Crippen LogP contribution in [0.25, 0.3) is 22.1 Å². The maximum Gasteiger partial charge on any atom is 0.308 e. The minimum Gasteiger partial charge on any atom is -0.424 e. The average molecular weight is 405 g/mol. The number of thiazole rings is 1. The SMILES string of the molecule is CC(=O)Oc1c(Cl)cc(Cl)cc1/C=c1\sc2nc3ccccc3n2c1=O. The lowest BCUT2D eigenvalue weighted by atomic mass is 10.2. The van der Waals surface area contributed by atoms with Crippen LogP contribution in [0.4, 0.5) is 0 Å². The molecular formula is C18H10Cl2N2O3S. The van der Waals surface area contributed by atoms with Gasteiger partial charge >= 0.3 is 5.97 Å². The van der Waals surface area contributed by atoms with Crippen molar-refractivity contribution < 1.29 is 9.53 Å². The summed E-state index contributed by atoms with van der Waals surface area (Å²) in [6, 6.07) is 10.5. The Kier molecular flexibility index (Phi) is 4.19. The molecule has 2 aromatic carbocycles. The number of aromatic nitrogens is 2. The van der Waals surface area contributed by atoms with Crippen molar-refractivity contribution in [1.29, 1.82) is 0 Å². The minimum atomic E-state index is -0.516. The molecule has 8 heteroatoms. The average Bonchev–Trinajstić information content (AvgIpc) is 3.07.